The fraction of sp³-hybridized carbons (Fsp3) is 0.929. The summed E-state index contributed by atoms with van der Waals surface area (Å²) in [5.74, 6) is 1.50. The third-order valence-electron chi connectivity index (χ3n) is 4.21. The monoisotopic (exact) mass is 238 g/mol. The van der Waals surface area contributed by atoms with E-state index in [4.69, 9.17) is 5.73 Å². The molecule has 98 valence electrons. The molecule has 0 bridgehead atoms. The minimum absolute atomic E-state index is 0.209. The molecule has 0 spiro atoms. The highest BCUT2D eigenvalue weighted by molar-refractivity contribution is 5.76. The molecule has 3 N–H and O–H groups in total. The molecule has 0 radical (unpaired) electrons. The zero-order valence-corrected chi connectivity index (χ0v) is 11.0. The smallest absolute Gasteiger partial charge is 0.220 e. The number of nitrogens with one attached hydrogen (secondary N) is 1. The Morgan fingerprint density at radius 1 is 1.29 bits per heavy atom. The summed E-state index contributed by atoms with van der Waals surface area (Å²) in [7, 11) is 0. The van der Waals surface area contributed by atoms with E-state index in [0.717, 1.165) is 25.2 Å². The molecule has 2 saturated carbocycles. The molecule has 1 amide bonds. The summed E-state index contributed by atoms with van der Waals surface area (Å²) in [6.07, 6.45) is 9.20. The summed E-state index contributed by atoms with van der Waals surface area (Å²) >= 11 is 0. The van der Waals surface area contributed by atoms with Crippen molar-refractivity contribution in [3.63, 3.8) is 0 Å². The van der Waals surface area contributed by atoms with Gasteiger partial charge in [0.25, 0.3) is 0 Å². The first kappa shape index (κ1) is 12.9. The lowest BCUT2D eigenvalue weighted by Gasteiger charge is -2.28. The van der Waals surface area contributed by atoms with Crippen LogP contribution in [0, 0.1) is 11.8 Å². The first-order valence-corrected chi connectivity index (χ1v) is 7.20. The van der Waals surface area contributed by atoms with Crippen molar-refractivity contribution in [1.29, 1.82) is 0 Å². The first-order valence-electron chi connectivity index (χ1n) is 7.20. The van der Waals surface area contributed by atoms with Gasteiger partial charge in [0, 0.05) is 18.5 Å². The molecule has 3 unspecified atom stereocenters. The van der Waals surface area contributed by atoms with Gasteiger partial charge in [-0.05, 0) is 38.0 Å². The maximum Gasteiger partial charge on any atom is 0.220 e. The van der Waals surface area contributed by atoms with Crippen LogP contribution < -0.4 is 11.1 Å². The van der Waals surface area contributed by atoms with Crippen molar-refractivity contribution in [3.05, 3.63) is 0 Å². The van der Waals surface area contributed by atoms with Gasteiger partial charge in [0.2, 0.25) is 5.91 Å². The molecule has 3 atom stereocenters. The molecule has 3 heteroatoms. The Labute approximate surface area is 105 Å². The molecule has 3 nitrogen and oxygen atoms in total. The van der Waals surface area contributed by atoms with Crippen LogP contribution in [0.2, 0.25) is 0 Å². The Kier molecular flexibility index (Phi) is 4.43. The molecule has 17 heavy (non-hydrogen) atoms. The van der Waals surface area contributed by atoms with Crippen LogP contribution in [0.5, 0.6) is 0 Å². The fourth-order valence-electron chi connectivity index (χ4n) is 2.97. The third kappa shape index (κ3) is 4.30. The van der Waals surface area contributed by atoms with Gasteiger partial charge in [-0.25, -0.2) is 0 Å². The Morgan fingerprint density at radius 2 is 2.00 bits per heavy atom. The second-order valence-electron chi connectivity index (χ2n) is 6.06. The molecule has 0 aliphatic heterocycles. The van der Waals surface area contributed by atoms with Gasteiger partial charge in [0.15, 0.2) is 0 Å². The van der Waals surface area contributed by atoms with Crippen molar-refractivity contribution < 1.29 is 4.79 Å². The molecule has 0 aromatic rings. The Balaban J connectivity index is 1.67. The summed E-state index contributed by atoms with van der Waals surface area (Å²) in [5.41, 5.74) is 6.07. The predicted octanol–water partition coefficient (Wildman–Crippen LogP) is 2.20. The predicted molar refractivity (Wildman–Crippen MR) is 69.5 cm³/mol. The van der Waals surface area contributed by atoms with E-state index in [9.17, 15) is 4.79 Å². The maximum absolute atomic E-state index is 11.9. The van der Waals surface area contributed by atoms with Gasteiger partial charge in [0.1, 0.15) is 0 Å². The first-order chi connectivity index (χ1) is 8.15. The zero-order chi connectivity index (χ0) is 12.3. The van der Waals surface area contributed by atoms with Crippen molar-refractivity contribution >= 4 is 5.91 Å². The topological polar surface area (TPSA) is 55.1 Å². The van der Waals surface area contributed by atoms with E-state index >= 15 is 0 Å². The van der Waals surface area contributed by atoms with Gasteiger partial charge in [-0.2, -0.15) is 0 Å². The van der Waals surface area contributed by atoms with E-state index in [1.54, 1.807) is 0 Å². The Hall–Kier alpha value is -0.570. The van der Waals surface area contributed by atoms with Crippen LogP contribution in [0.1, 0.15) is 58.3 Å². The van der Waals surface area contributed by atoms with Gasteiger partial charge < -0.3 is 11.1 Å². The number of carbonyl (C=O) groups excluding carboxylic acids is 1. The average Bonchev–Trinajstić information content (AvgIpc) is 3.05. The summed E-state index contributed by atoms with van der Waals surface area (Å²) in [6.45, 7) is 2.12. The lowest BCUT2D eigenvalue weighted by molar-refractivity contribution is -0.123. The van der Waals surface area contributed by atoms with Crippen LogP contribution in [0.4, 0.5) is 0 Å². The standard InChI is InChI=1S/C14H26N2O/c1-10(8-11-6-7-11)16-14(17)9-12-4-2-3-5-13(12)15/h10-13H,2-9,15H2,1H3,(H,16,17). The van der Waals surface area contributed by atoms with Crippen LogP contribution in [-0.4, -0.2) is 18.0 Å². The van der Waals surface area contributed by atoms with Crippen molar-refractivity contribution in [2.45, 2.75) is 70.4 Å². The molecule has 0 heterocycles. The Morgan fingerprint density at radius 3 is 2.65 bits per heavy atom. The van der Waals surface area contributed by atoms with E-state index in [2.05, 4.69) is 12.2 Å². The molecule has 2 fully saturated rings. The minimum atomic E-state index is 0.209. The van der Waals surface area contributed by atoms with Crippen molar-refractivity contribution in [2.75, 3.05) is 0 Å². The molecule has 0 saturated heterocycles. The normalized spacial score (nSPS) is 30.9. The number of rotatable bonds is 5. The molecule has 0 aromatic carbocycles. The SMILES string of the molecule is CC(CC1CC1)NC(=O)CC1CCCCC1N. The van der Waals surface area contributed by atoms with Crippen LogP contribution in [-0.2, 0) is 4.79 Å². The lowest BCUT2D eigenvalue weighted by Crippen LogP contribution is -2.39. The van der Waals surface area contributed by atoms with E-state index < -0.39 is 0 Å². The van der Waals surface area contributed by atoms with Gasteiger partial charge in [-0.15, -0.1) is 0 Å². The summed E-state index contributed by atoms with van der Waals surface area (Å²) < 4.78 is 0. The number of carbonyl (C=O) groups is 1. The zero-order valence-electron chi connectivity index (χ0n) is 11.0. The fourth-order valence-corrected chi connectivity index (χ4v) is 2.97. The highest BCUT2D eigenvalue weighted by Crippen LogP contribution is 2.33. The summed E-state index contributed by atoms with van der Waals surface area (Å²) in [6, 6.07) is 0.586. The van der Waals surface area contributed by atoms with Crippen LogP contribution >= 0.6 is 0 Å². The summed E-state index contributed by atoms with van der Waals surface area (Å²) in [4.78, 5) is 11.9. The highest BCUT2D eigenvalue weighted by atomic mass is 16.1. The van der Waals surface area contributed by atoms with Gasteiger partial charge in [0.05, 0.1) is 0 Å². The number of amides is 1. The number of nitrogens with two attached hydrogens (primary N) is 1. The molecular formula is C14H26N2O. The van der Waals surface area contributed by atoms with Gasteiger partial charge >= 0.3 is 0 Å². The van der Waals surface area contributed by atoms with Gasteiger partial charge in [-0.1, -0.05) is 25.7 Å². The third-order valence-corrected chi connectivity index (χ3v) is 4.21. The molecule has 2 aliphatic rings. The van der Waals surface area contributed by atoms with Crippen LogP contribution in [0.15, 0.2) is 0 Å². The van der Waals surface area contributed by atoms with E-state index in [0.29, 0.717) is 18.4 Å². The van der Waals surface area contributed by atoms with E-state index in [-0.39, 0.29) is 11.9 Å². The van der Waals surface area contributed by atoms with Crippen molar-refractivity contribution in [2.24, 2.45) is 17.6 Å². The maximum atomic E-state index is 11.9. The van der Waals surface area contributed by atoms with Gasteiger partial charge in [-0.3, -0.25) is 4.79 Å². The quantitative estimate of drug-likeness (QED) is 0.771. The largest absolute Gasteiger partial charge is 0.354 e. The summed E-state index contributed by atoms with van der Waals surface area (Å²) in [5, 5.41) is 3.12. The number of hydrogen-bond acceptors (Lipinski definition) is 2. The van der Waals surface area contributed by atoms with E-state index in [1.807, 2.05) is 0 Å². The average molecular weight is 238 g/mol. The minimum Gasteiger partial charge on any atom is -0.354 e. The van der Waals surface area contributed by atoms with Crippen LogP contribution in [0.25, 0.3) is 0 Å². The molecule has 2 rings (SSSR count). The Bertz CT molecular complexity index is 263. The van der Waals surface area contributed by atoms with Crippen molar-refractivity contribution in [1.82, 2.24) is 5.32 Å². The number of hydrogen-bond donors (Lipinski definition) is 2. The second-order valence-corrected chi connectivity index (χ2v) is 6.06. The highest BCUT2D eigenvalue weighted by Gasteiger charge is 2.26. The molecule has 2 aliphatic carbocycles. The molecule has 0 aromatic heterocycles. The molecular weight excluding hydrogens is 212 g/mol. The second kappa shape index (κ2) is 5.85. The van der Waals surface area contributed by atoms with Crippen LogP contribution in [0.3, 0.4) is 0 Å². The van der Waals surface area contributed by atoms with E-state index in [1.165, 1.54) is 25.7 Å². The van der Waals surface area contributed by atoms with Crippen molar-refractivity contribution in [3.8, 4) is 0 Å². The lowest BCUT2D eigenvalue weighted by atomic mass is 9.83.